The summed E-state index contributed by atoms with van der Waals surface area (Å²) in [7, 11) is 0. The van der Waals surface area contributed by atoms with Gasteiger partial charge in [0.2, 0.25) is 0 Å². The number of carboxylic acid groups (broad SMARTS) is 1. The number of carboxylic acids is 1. The molecule has 0 aliphatic carbocycles. The van der Waals surface area contributed by atoms with Crippen molar-refractivity contribution in [3.63, 3.8) is 0 Å². The summed E-state index contributed by atoms with van der Waals surface area (Å²) >= 11 is 0. The van der Waals surface area contributed by atoms with Crippen LogP contribution in [0.3, 0.4) is 0 Å². The Kier molecular flexibility index (Phi) is 4.34. The average Bonchev–Trinajstić information content (AvgIpc) is 2.73. The molecule has 0 aliphatic rings. The van der Waals surface area contributed by atoms with E-state index in [1.54, 1.807) is 12.1 Å². The average molecular weight is 274 g/mol. The lowest BCUT2D eigenvalue weighted by Gasteiger charge is -2.09. The van der Waals surface area contributed by atoms with E-state index in [0.29, 0.717) is 12.2 Å². The highest BCUT2D eigenvalue weighted by molar-refractivity contribution is 5.91. The van der Waals surface area contributed by atoms with Gasteiger partial charge >= 0.3 is 5.97 Å². The van der Waals surface area contributed by atoms with Gasteiger partial charge in [-0.15, -0.1) is 0 Å². The van der Waals surface area contributed by atoms with Crippen LogP contribution in [0.4, 0.5) is 5.69 Å². The van der Waals surface area contributed by atoms with Crippen LogP contribution in [0, 0.1) is 13.8 Å². The standard InChI is InChI=1S/C14H18N4O2/c1-10-9-11(2)18(17-10)8-4-7-15-12-5-3-6-16-13(12)14(19)20/h3,5-6,9,15H,4,7-8H2,1-2H3,(H,19,20). The van der Waals surface area contributed by atoms with Crippen LogP contribution in [-0.2, 0) is 6.54 Å². The van der Waals surface area contributed by atoms with E-state index < -0.39 is 5.97 Å². The summed E-state index contributed by atoms with van der Waals surface area (Å²) in [6.07, 6.45) is 2.33. The Hall–Kier alpha value is -2.37. The van der Waals surface area contributed by atoms with Gasteiger partial charge in [-0.25, -0.2) is 9.78 Å². The molecule has 20 heavy (non-hydrogen) atoms. The van der Waals surface area contributed by atoms with Gasteiger partial charge in [0.1, 0.15) is 0 Å². The first-order chi connectivity index (χ1) is 9.58. The molecule has 0 saturated heterocycles. The quantitative estimate of drug-likeness (QED) is 0.788. The molecule has 0 aliphatic heterocycles. The zero-order valence-electron chi connectivity index (χ0n) is 11.6. The van der Waals surface area contributed by atoms with Crippen LogP contribution >= 0.6 is 0 Å². The summed E-state index contributed by atoms with van der Waals surface area (Å²) in [6, 6.07) is 5.48. The fourth-order valence-corrected chi connectivity index (χ4v) is 2.07. The number of carbonyl (C=O) groups is 1. The van der Waals surface area contributed by atoms with E-state index in [2.05, 4.69) is 15.4 Å². The Balaban J connectivity index is 1.88. The second kappa shape index (κ2) is 6.18. The number of nitrogens with zero attached hydrogens (tertiary/aromatic N) is 3. The van der Waals surface area contributed by atoms with Crippen LogP contribution in [0.2, 0.25) is 0 Å². The monoisotopic (exact) mass is 274 g/mol. The zero-order valence-corrected chi connectivity index (χ0v) is 11.6. The van der Waals surface area contributed by atoms with Crippen LogP contribution in [0.15, 0.2) is 24.4 Å². The zero-order chi connectivity index (χ0) is 14.5. The van der Waals surface area contributed by atoms with E-state index in [-0.39, 0.29) is 5.69 Å². The highest BCUT2D eigenvalue weighted by Gasteiger charge is 2.10. The molecule has 6 heteroatoms. The van der Waals surface area contributed by atoms with Gasteiger partial charge in [0.15, 0.2) is 5.69 Å². The van der Waals surface area contributed by atoms with Crippen molar-refractivity contribution < 1.29 is 9.90 Å². The van der Waals surface area contributed by atoms with Gasteiger partial charge in [-0.1, -0.05) is 0 Å². The topological polar surface area (TPSA) is 80.0 Å². The predicted octanol–water partition coefficient (Wildman–Crippen LogP) is 2.10. The summed E-state index contributed by atoms with van der Waals surface area (Å²) in [5.41, 5.74) is 2.75. The summed E-state index contributed by atoms with van der Waals surface area (Å²) in [6.45, 7) is 5.47. The van der Waals surface area contributed by atoms with E-state index >= 15 is 0 Å². The van der Waals surface area contributed by atoms with Crippen molar-refractivity contribution in [2.45, 2.75) is 26.8 Å². The van der Waals surface area contributed by atoms with Crippen molar-refractivity contribution in [1.29, 1.82) is 0 Å². The van der Waals surface area contributed by atoms with Crippen molar-refractivity contribution in [3.05, 3.63) is 41.5 Å². The number of hydrogen-bond donors (Lipinski definition) is 2. The maximum absolute atomic E-state index is 11.0. The first-order valence-corrected chi connectivity index (χ1v) is 6.51. The molecule has 0 fully saturated rings. The maximum atomic E-state index is 11.0. The highest BCUT2D eigenvalue weighted by Crippen LogP contribution is 2.12. The minimum absolute atomic E-state index is 0.0543. The van der Waals surface area contributed by atoms with Gasteiger partial charge in [0.05, 0.1) is 11.4 Å². The Morgan fingerprint density at radius 1 is 1.45 bits per heavy atom. The fourth-order valence-electron chi connectivity index (χ4n) is 2.07. The highest BCUT2D eigenvalue weighted by atomic mass is 16.4. The molecular weight excluding hydrogens is 256 g/mol. The van der Waals surface area contributed by atoms with Gasteiger partial charge in [-0.3, -0.25) is 4.68 Å². The second-order valence-electron chi connectivity index (χ2n) is 4.64. The van der Waals surface area contributed by atoms with E-state index in [1.807, 2.05) is 24.6 Å². The molecule has 0 aromatic carbocycles. The van der Waals surface area contributed by atoms with Crippen molar-refractivity contribution >= 4 is 11.7 Å². The van der Waals surface area contributed by atoms with E-state index in [4.69, 9.17) is 5.11 Å². The van der Waals surface area contributed by atoms with Gasteiger partial charge in [0, 0.05) is 25.0 Å². The number of aryl methyl sites for hydroxylation is 3. The molecule has 106 valence electrons. The molecule has 2 rings (SSSR count). The number of pyridine rings is 1. The summed E-state index contributed by atoms with van der Waals surface area (Å²) in [4.78, 5) is 14.9. The largest absolute Gasteiger partial charge is 0.476 e. The predicted molar refractivity (Wildman–Crippen MR) is 76.0 cm³/mol. The number of nitrogens with one attached hydrogen (secondary N) is 1. The lowest BCUT2D eigenvalue weighted by Crippen LogP contribution is -2.12. The Morgan fingerprint density at radius 3 is 2.90 bits per heavy atom. The van der Waals surface area contributed by atoms with Gasteiger partial charge in [-0.2, -0.15) is 5.10 Å². The molecular formula is C14H18N4O2. The molecule has 6 nitrogen and oxygen atoms in total. The van der Waals surface area contributed by atoms with Crippen molar-refractivity contribution in [1.82, 2.24) is 14.8 Å². The third-order valence-electron chi connectivity index (χ3n) is 2.98. The minimum atomic E-state index is -1.02. The molecule has 2 aromatic rings. The third kappa shape index (κ3) is 3.34. The number of rotatable bonds is 6. The molecule has 2 N–H and O–H groups in total. The first-order valence-electron chi connectivity index (χ1n) is 6.51. The molecule has 0 atom stereocenters. The van der Waals surface area contributed by atoms with Crippen molar-refractivity contribution in [2.24, 2.45) is 0 Å². The van der Waals surface area contributed by atoms with Crippen LogP contribution in [-0.4, -0.2) is 32.4 Å². The molecule has 0 unspecified atom stereocenters. The molecule has 0 amide bonds. The molecule has 0 bridgehead atoms. The van der Waals surface area contributed by atoms with Crippen LogP contribution < -0.4 is 5.32 Å². The number of aromatic carboxylic acids is 1. The van der Waals surface area contributed by atoms with Gasteiger partial charge in [0.25, 0.3) is 0 Å². The van der Waals surface area contributed by atoms with Gasteiger partial charge < -0.3 is 10.4 Å². The first kappa shape index (κ1) is 14.0. The number of hydrogen-bond acceptors (Lipinski definition) is 4. The van der Waals surface area contributed by atoms with Crippen molar-refractivity contribution in [2.75, 3.05) is 11.9 Å². The Labute approximate surface area is 117 Å². The van der Waals surface area contributed by atoms with Crippen LogP contribution in [0.25, 0.3) is 0 Å². The normalized spacial score (nSPS) is 10.5. The molecule has 0 saturated carbocycles. The van der Waals surface area contributed by atoms with Gasteiger partial charge in [-0.05, 0) is 38.5 Å². The Morgan fingerprint density at radius 2 is 2.25 bits per heavy atom. The Bertz CT molecular complexity index is 607. The molecule has 2 heterocycles. The summed E-state index contributed by atoms with van der Waals surface area (Å²) in [5, 5.41) is 16.5. The van der Waals surface area contributed by atoms with E-state index in [0.717, 1.165) is 24.4 Å². The molecule has 2 aromatic heterocycles. The SMILES string of the molecule is Cc1cc(C)n(CCCNc2cccnc2C(=O)O)n1. The summed E-state index contributed by atoms with van der Waals surface area (Å²) < 4.78 is 1.96. The fraction of sp³-hybridized carbons (Fsp3) is 0.357. The molecule has 0 spiro atoms. The van der Waals surface area contributed by atoms with E-state index in [9.17, 15) is 4.79 Å². The third-order valence-corrected chi connectivity index (χ3v) is 2.98. The smallest absolute Gasteiger partial charge is 0.356 e. The number of anilines is 1. The minimum Gasteiger partial charge on any atom is -0.476 e. The van der Waals surface area contributed by atoms with E-state index in [1.165, 1.54) is 6.20 Å². The lowest BCUT2D eigenvalue weighted by atomic mass is 10.3. The second-order valence-corrected chi connectivity index (χ2v) is 4.64. The summed E-state index contributed by atoms with van der Waals surface area (Å²) in [5.74, 6) is -1.02. The molecule has 0 radical (unpaired) electrons. The number of aromatic nitrogens is 3. The lowest BCUT2D eigenvalue weighted by molar-refractivity contribution is 0.0691. The maximum Gasteiger partial charge on any atom is 0.356 e. The van der Waals surface area contributed by atoms with Crippen LogP contribution in [0.5, 0.6) is 0 Å². The van der Waals surface area contributed by atoms with Crippen LogP contribution in [0.1, 0.15) is 28.3 Å². The van der Waals surface area contributed by atoms with Crippen molar-refractivity contribution in [3.8, 4) is 0 Å².